The van der Waals surface area contributed by atoms with Crippen LogP contribution in [0, 0.1) is 0 Å². The smallest absolute Gasteiger partial charge is 0.212 e. The van der Waals surface area contributed by atoms with Gasteiger partial charge >= 0.3 is 0 Å². The maximum Gasteiger partial charge on any atom is 0.212 e. The Bertz CT molecular complexity index is 304. The number of pyridine rings is 1. The Morgan fingerprint density at radius 3 is 3.15 bits per heavy atom. The molecule has 1 heterocycles. The first-order valence-electron chi connectivity index (χ1n) is 3.76. The van der Waals surface area contributed by atoms with Crippen molar-refractivity contribution < 1.29 is 9.53 Å². The van der Waals surface area contributed by atoms with Crippen molar-refractivity contribution in [2.75, 3.05) is 11.9 Å². The molecule has 5 heteroatoms. The van der Waals surface area contributed by atoms with Gasteiger partial charge in [-0.1, -0.05) is 11.6 Å². The highest BCUT2D eigenvalue weighted by Gasteiger charge is 2.02. The summed E-state index contributed by atoms with van der Waals surface area (Å²) in [6.45, 7) is 2.37. The van der Waals surface area contributed by atoms with E-state index < -0.39 is 0 Å². The Kier molecular flexibility index (Phi) is 3.52. The van der Waals surface area contributed by atoms with Crippen molar-refractivity contribution in [3.8, 4) is 5.75 Å². The van der Waals surface area contributed by atoms with E-state index in [0.717, 1.165) is 0 Å². The molecule has 1 amide bonds. The van der Waals surface area contributed by atoms with Crippen LogP contribution in [0.3, 0.4) is 0 Å². The number of aromatic nitrogens is 1. The number of amides is 1. The van der Waals surface area contributed by atoms with E-state index in [1.807, 2.05) is 6.92 Å². The largest absolute Gasteiger partial charge is 0.492 e. The van der Waals surface area contributed by atoms with Gasteiger partial charge in [-0.3, -0.25) is 4.79 Å². The average Bonchev–Trinajstić information content (AvgIpc) is 2.12. The number of hydrogen-bond donors (Lipinski definition) is 1. The molecule has 4 nitrogen and oxygen atoms in total. The number of hydrogen-bond acceptors (Lipinski definition) is 3. The maximum atomic E-state index is 10.1. The van der Waals surface area contributed by atoms with Gasteiger partial charge in [0.15, 0.2) is 0 Å². The van der Waals surface area contributed by atoms with Crippen molar-refractivity contribution >= 4 is 23.8 Å². The Morgan fingerprint density at radius 2 is 2.54 bits per heavy atom. The van der Waals surface area contributed by atoms with E-state index in [2.05, 4.69) is 10.3 Å². The SMILES string of the molecule is CCOc1cc(NC=O)ncc1Cl. The normalized spacial score (nSPS) is 9.38. The minimum Gasteiger partial charge on any atom is -0.492 e. The first-order valence-corrected chi connectivity index (χ1v) is 4.14. The predicted octanol–water partition coefficient (Wildman–Crippen LogP) is 1.70. The van der Waals surface area contributed by atoms with Gasteiger partial charge in [0.1, 0.15) is 16.6 Å². The molecule has 13 heavy (non-hydrogen) atoms. The predicted molar refractivity (Wildman–Crippen MR) is 50.1 cm³/mol. The third-order valence-electron chi connectivity index (χ3n) is 1.33. The summed E-state index contributed by atoms with van der Waals surface area (Å²) < 4.78 is 5.20. The second kappa shape index (κ2) is 4.67. The monoisotopic (exact) mass is 200 g/mol. The number of anilines is 1. The van der Waals surface area contributed by atoms with Gasteiger partial charge in [-0.2, -0.15) is 0 Å². The van der Waals surface area contributed by atoms with Crippen LogP contribution < -0.4 is 10.1 Å². The molecule has 1 aromatic rings. The summed E-state index contributed by atoms with van der Waals surface area (Å²) in [5.41, 5.74) is 0. The number of ether oxygens (including phenoxy) is 1. The summed E-state index contributed by atoms with van der Waals surface area (Å²) >= 11 is 5.77. The van der Waals surface area contributed by atoms with Gasteiger partial charge < -0.3 is 10.1 Å². The lowest BCUT2D eigenvalue weighted by atomic mass is 10.4. The van der Waals surface area contributed by atoms with Crippen LogP contribution in [-0.4, -0.2) is 18.0 Å². The third kappa shape index (κ3) is 2.59. The molecule has 70 valence electrons. The lowest BCUT2D eigenvalue weighted by Gasteiger charge is -2.06. The van der Waals surface area contributed by atoms with Crippen molar-refractivity contribution in [1.82, 2.24) is 4.98 Å². The molecule has 0 aromatic carbocycles. The summed E-state index contributed by atoms with van der Waals surface area (Å²) in [5.74, 6) is 0.936. The summed E-state index contributed by atoms with van der Waals surface area (Å²) in [6, 6.07) is 1.57. The molecule has 1 N–H and O–H groups in total. The van der Waals surface area contributed by atoms with E-state index in [1.165, 1.54) is 6.20 Å². The molecule has 0 atom stereocenters. The maximum absolute atomic E-state index is 10.1. The second-order valence-electron chi connectivity index (χ2n) is 2.20. The number of carbonyl (C=O) groups is 1. The Labute approximate surface area is 80.9 Å². The van der Waals surface area contributed by atoms with Gasteiger partial charge in [0.2, 0.25) is 6.41 Å². The van der Waals surface area contributed by atoms with Crippen molar-refractivity contribution in [3.63, 3.8) is 0 Å². The number of halogens is 1. The molecule has 0 bridgehead atoms. The van der Waals surface area contributed by atoms with Crippen LogP contribution in [0.15, 0.2) is 12.3 Å². The molecular weight excluding hydrogens is 192 g/mol. The van der Waals surface area contributed by atoms with Crippen LogP contribution in [-0.2, 0) is 4.79 Å². The summed E-state index contributed by atoms with van der Waals surface area (Å²) in [6.07, 6.45) is 1.98. The topological polar surface area (TPSA) is 51.2 Å². The molecule has 0 aliphatic carbocycles. The van der Waals surface area contributed by atoms with Gasteiger partial charge in [0, 0.05) is 6.07 Å². The molecule has 0 spiro atoms. The second-order valence-corrected chi connectivity index (χ2v) is 2.60. The lowest BCUT2D eigenvalue weighted by Crippen LogP contribution is -1.99. The summed E-state index contributed by atoms with van der Waals surface area (Å²) in [7, 11) is 0. The zero-order valence-electron chi connectivity index (χ0n) is 7.08. The van der Waals surface area contributed by atoms with E-state index in [1.54, 1.807) is 6.07 Å². The van der Waals surface area contributed by atoms with Gasteiger partial charge in [-0.15, -0.1) is 0 Å². The molecule has 0 unspecified atom stereocenters. The van der Waals surface area contributed by atoms with Crippen LogP contribution in [0.2, 0.25) is 5.02 Å². The van der Waals surface area contributed by atoms with Gasteiger partial charge in [-0.05, 0) is 6.92 Å². The molecule has 0 aliphatic rings. The van der Waals surface area contributed by atoms with Crippen molar-refractivity contribution in [2.24, 2.45) is 0 Å². The molecule has 0 saturated heterocycles. The Morgan fingerprint density at radius 1 is 1.77 bits per heavy atom. The van der Waals surface area contributed by atoms with Crippen LogP contribution in [0.25, 0.3) is 0 Å². The molecule has 0 saturated carbocycles. The molecule has 1 aromatic heterocycles. The number of nitrogens with one attached hydrogen (secondary N) is 1. The first kappa shape index (κ1) is 9.80. The standard InChI is InChI=1S/C8H9ClN2O2/c1-2-13-7-3-8(11-5-12)10-4-6(7)9/h3-5H,2H2,1H3,(H,10,11,12). The van der Waals surface area contributed by atoms with E-state index in [4.69, 9.17) is 16.3 Å². The average molecular weight is 201 g/mol. The molecule has 0 fully saturated rings. The molecule has 0 aliphatic heterocycles. The van der Waals surface area contributed by atoms with Crippen molar-refractivity contribution in [3.05, 3.63) is 17.3 Å². The van der Waals surface area contributed by atoms with Crippen molar-refractivity contribution in [1.29, 1.82) is 0 Å². The summed E-state index contributed by atoms with van der Waals surface area (Å²) in [5, 5.41) is 2.83. The quantitative estimate of drug-likeness (QED) is 0.753. The van der Waals surface area contributed by atoms with Crippen molar-refractivity contribution in [2.45, 2.75) is 6.92 Å². The third-order valence-corrected chi connectivity index (χ3v) is 1.61. The van der Waals surface area contributed by atoms with Gasteiger partial charge in [-0.25, -0.2) is 4.98 Å². The zero-order valence-corrected chi connectivity index (χ0v) is 7.84. The number of nitrogens with zero attached hydrogens (tertiary/aromatic N) is 1. The number of carbonyl (C=O) groups excluding carboxylic acids is 1. The fourth-order valence-electron chi connectivity index (χ4n) is 0.826. The minimum absolute atomic E-state index is 0.419. The fraction of sp³-hybridized carbons (Fsp3) is 0.250. The fourth-order valence-corrected chi connectivity index (χ4v) is 0.984. The highest BCUT2D eigenvalue weighted by Crippen LogP contribution is 2.25. The van der Waals surface area contributed by atoms with Crippen LogP contribution in [0.1, 0.15) is 6.92 Å². The van der Waals surface area contributed by atoms with E-state index in [-0.39, 0.29) is 0 Å². The zero-order chi connectivity index (χ0) is 9.68. The highest BCUT2D eigenvalue weighted by atomic mass is 35.5. The molecule has 1 rings (SSSR count). The summed E-state index contributed by atoms with van der Waals surface area (Å²) in [4.78, 5) is 14.0. The molecule has 0 radical (unpaired) electrons. The lowest BCUT2D eigenvalue weighted by molar-refractivity contribution is -0.105. The highest BCUT2D eigenvalue weighted by molar-refractivity contribution is 6.32. The minimum atomic E-state index is 0.419. The first-order chi connectivity index (χ1) is 6.27. The van der Waals surface area contributed by atoms with Crippen LogP contribution in [0.4, 0.5) is 5.82 Å². The van der Waals surface area contributed by atoms with Gasteiger partial charge in [0.25, 0.3) is 0 Å². The van der Waals surface area contributed by atoms with Crippen LogP contribution in [0.5, 0.6) is 5.75 Å². The van der Waals surface area contributed by atoms with E-state index in [0.29, 0.717) is 29.6 Å². The van der Waals surface area contributed by atoms with E-state index >= 15 is 0 Å². The van der Waals surface area contributed by atoms with E-state index in [9.17, 15) is 4.79 Å². The number of rotatable bonds is 4. The van der Waals surface area contributed by atoms with Gasteiger partial charge in [0.05, 0.1) is 12.8 Å². The Hall–Kier alpha value is -1.29. The molecular formula is C8H9ClN2O2. The Balaban J connectivity index is 2.89. The van der Waals surface area contributed by atoms with Crippen LogP contribution >= 0.6 is 11.6 Å².